The quantitative estimate of drug-likeness (QED) is 0.535. The maximum Gasteiger partial charge on any atom is 0.336 e. The van der Waals surface area contributed by atoms with Gasteiger partial charge in [0.05, 0.1) is 47.6 Å². The molecule has 0 spiro atoms. The van der Waals surface area contributed by atoms with E-state index in [1.54, 1.807) is 6.92 Å². The minimum atomic E-state index is -0.691. The number of amides is 1. The largest absolute Gasteiger partial charge is 0.494 e. The Kier molecular flexibility index (Phi) is 8.39. The SMILES string of the molecule is CCOc1ccccc1[C@H]1C(C#N)=C(SCC(=O)Nc2ccccc2C)NC(C)=C1C(=O)OC. The summed E-state index contributed by atoms with van der Waals surface area (Å²) in [7, 11) is 1.31. The van der Waals surface area contributed by atoms with Gasteiger partial charge in [0, 0.05) is 16.9 Å². The number of benzene rings is 2. The number of nitriles is 1. The molecular weight excluding hydrogens is 450 g/mol. The highest BCUT2D eigenvalue weighted by Crippen LogP contribution is 2.43. The van der Waals surface area contributed by atoms with Gasteiger partial charge in [0.25, 0.3) is 0 Å². The van der Waals surface area contributed by atoms with Gasteiger partial charge in [-0.3, -0.25) is 4.79 Å². The highest BCUT2D eigenvalue weighted by molar-refractivity contribution is 8.03. The standard InChI is InChI=1S/C26H27N3O4S/c1-5-33-21-13-9-7-11-18(21)24-19(14-27)25(28-17(3)23(24)26(31)32-4)34-15-22(30)29-20-12-8-6-10-16(20)2/h6-13,24,28H,5,15H2,1-4H3,(H,29,30)/t24-/m0/s1. The van der Waals surface area contributed by atoms with Crippen molar-refractivity contribution >= 4 is 29.3 Å². The number of hydrogen-bond acceptors (Lipinski definition) is 7. The van der Waals surface area contributed by atoms with E-state index < -0.39 is 11.9 Å². The Bertz CT molecular complexity index is 1200. The number of carbonyl (C=O) groups excluding carboxylic acids is 2. The number of rotatable bonds is 8. The molecule has 2 N–H and O–H groups in total. The van der Waals surface area contributed by atoms with Crippen LogP contribution in [0.25, 0.3) is 0 Å². The van der Waals surface area contributed by atoms with Crippen LogP contribution in [0.1, 0.15) is 30.9 Å². The summed E-state index contributed by atoms with van der Waals surface area (Å²) in [5.74, 6) is -0.750. The first-order valence-corrected chi connectivity index (χ1v) is 11.8. The topological polar surface area (TPSA) is 100 Å². The number of aryl methyl sites for hydroxylation is 1. The molecule has 2 aromatic rings. The lowest BCUT2D eigenvalue weighted by molar-refractivity contribution is -0.136. The number of methoxy groups -OCH3 is 1. The Balaban J connectivity index is 1.96. The van der Waals surface area contributed by atoms with Crippen LogP contribution in [0.5, 0.6) is 5.75 Å². The van der Waals surface area contributed by atoms with Gasteiger partial charge in [-0.2, -0.15) is 5.26 Å². The van der Waals surface area contributed by atoms with E-state index in [0.29, 0.717) is 39.8 Å². The Morgan fingerprint density at radius 1 is 1.15 bits per heavy atom. The van der Waals surface area contributed by atoms with E-state index in [1.807, 2.05) is 62.4 Å². The van der Waals surface area contributed by atoms with Crippen LogP contribution in [-0.2, 0) is 14.3 Å². The molecule has 0 fully saturated rings. The number of para-hydroxylation sites is 2. The predicted molar refractivity (Wildman–Crippen MR) is 133 cm³/mol. The summed E-state index contributed by atoms with van der Waals surface area (Å²) in [6.45, 7) is 5.98. The van der Waals surface area contributed by atoms with E-state index in [4.69, 9.17) is 9.47 Å². The van der Waals surface area contributed by atoms with Crippen molar-refractivity contribution in [3.05, 3.63) is 81.5 Å². The number of allylic oxidation sites excluding steroid dienone is 2. The Morgan fingerprint density at radius 3 is 2.53 bits per heavy atom. The third-order valence-corrected chi connectivity index (χ3v) is 6.37. The van der Waals surface area contributed by atoms with Crippen molar-refractivity contribution in [1.29, 1.82) is 5.26 Å². The lowest BCUT2D eigenvalue weighted by Crippen LogP contribution is -2.29. The van der Waals surface area contributed by atoms with Gasteiger partial charge >= 0.3 is 5.97 Å². The molecule has 8 heteroatoms. The highest BCUT2D eigenvalue weighted by Gasteiger charge is 2.37. The summed E-state index contributed by atoms with van der Waals surface area (Å²) in [5.41, 5.74) is 3.61. The molecule has 3 rings (SSSR count). The van der Waals surface area contributed by atoms with Crippen LogP contribution in [0.15, 0.2) is 70.4 Å². The number of nitrogens with zero attached hydrogens (tertiary/aromatic N) is 1. The zero-order chi connectivity index (χ0) is 24.7. The van der Waals surface area contributed by atoms with E-state index in [2.05, 4.69) is 16.7 Å². The lowest BCUT2D eigenvalue weighted by atomic mass is 9.82. The Labute approximate surface area is 203 Å². The molecule has 2 aromatic carbocycles. The minimum absolute atomic E-state index is 0.0858. The fraction of sp³-hybridized carbons (Fsp3) is 0.269. The number of hydrogen-bond donors (Lipinski definition) is 2. The van der Waals surface area contributed by atoms with Crippen molar-refractivity contribution in [1.82, 2.24) is 5.32 Å². The molecule has 1 amide bonds. The molecule has 34 heavy (non-hydrogen) atoms. The summed E-state index contributed by atoms with van der Waals surface area (Å²) in [6, 6.07) is 17.1. The number of esters is 1. The zero-order valence-corrected chi connectivity index (χ0v) is 20.4. The molecule has 1 atom stereocenters. The highest BCUT2D eigenvalue weighted by atomic mass is 32.2. The molecule has 0 aromatic heterocycles. The second-order valence-corrected chi connectivity index (χ2v) is 8.55. The number of dihydropyridines is 1. The smallest absolute Gasteiger partial charge is 0.336 e. The van der Waals surface area contributed by atoms with Gasteiger partial charge in [-0.25, -0.2) is 4.79 Å². The fourth-order valence-corrected chi connectivity index (χ4v) is 4.65. The van der Waals surface area contributed by atoms with Gasteiger partial charge in [-0.15, -0.1) is 0 Å². The first-order valence-electron chi connectivity index (χ1n) is 10.8. The molecule has 1 aliphatic heterocycles. The summed E-state index contributed by atoms with van der Waals surface area (Å²) < 4.78 is 10.8. The van der Waals surface area contributed by atoms with Crippen LogP contribution in [0.4, 0.5) is 5.69 Å². The van der Waals surface area contributed by atoms with Crippen molar-refractivity contribution < 1.29 is 19.1 Å². The fourth-order valence-electron chi connectivity index (χ4n) is 3.76. The molecular formula is C26H27N3O4S. The summed E-state index contributed by atoms with van der Waals surface area (Å²) in [5, 5.41) is 16.7. The van der Waals surface area contributed by atoms with E-state index in [1.165, 1.54) is 18.9 Å². The number of anilines is 1. The molecule has 0 aliphatic carbocycles. The molecule has 0 unspecified atom stereocenters. The molecule has 0 saturated carbocycles. The maximum atomic E-state index is 12.7. The number of nitrogens with one attached hydrogen (secondary N) is 2. The van der Waals surface area contributed by atoms with Crippen LogP contribution >= 0.6 is 11.8 Å². The summed E-state index contributed by atoms with van der Waals surface area (Å²) in [4.78, 5) is 25.4. The van der Waals surface area contributed by atoms with Gasteiger partial charge in [-0.05, 0) is 38.5 Å². The van der Waals surface area contributed by atoms with Gasteiger partial charge in [0.15, 0.2) is 0 Å². The number of ether oxygens (including phenoxy) is 2. The molecule has 1 heterocycles. The van der Waals surface area contributed by atoms with Gasteiger partial charge in [0.2, 0.25) is 5.91 Å². The van der Waals surface area contributed by atoms with Crippen LogP contribution in [0.2, 0.25) is 0 Å². The van der Waals surface area contributed by atoms with Crippen molar-refractivity contribution in [3.63, 3.8) is 0 Å². The van der Waals surface area contributed by atoms with Crippen LogP contribution in [0, 0.1) is 18.3 Å². The number of carbonyl (C=O) groups is 2. The summed E-state index contributed by atoms with van der Waals surface area (Å²) >= 11 is 1.21. The Hall–Kier alpha value is -3.70. The molecule has 7 nitrogen and oxygen atoms in total. The summed E-state index contributed by atoms with van der Waals surface area (Å²) in [6.07, 6.45) is 0. The molecule has 0 radical (unpaired) electrons. The molecule has 1 aliphatic rings. The average molecular weight is 478 g/mol. The van der Waals surface area contributed by atoms with E-state index >= 15 is 0 Å². The van der Waals surface area contributed by atoms with E-state index in [-0.39, 0.29) is 11.7 Å². The number of thioether (sulfide) groups is 1. The average Bonchev–Trinajstić information content (AvgIpc) is 2.84. The van der Waals surface area contributed by atoms with Crippen molar-refractivity contribution in [2.45, 2.75) is 26.7 Å². The van der Waals surface area contributed by atoms with Gasteiger partial charge < -0.3 is 20.1 Å². The van der Waals surface area contributed by atoms with Crippen LogP contribution in [-0.4, -0.2) is 31.3 Å². The normalized spacial score (nSPS) is 15.3. The van der Waals surface area contributed by atoms with Gasteiger partial charge in [-0.1, -0.05) is 48.2 Å². The second-order valence-electron chi connectivity index (χ2n) is 7.57. The third kappa shape index (κ3) is 5.43. The molecule has 176 valence electrons. The van der Waals surface area contributed by atoms with Crippen molar-refractivity contribution in [2.24, 2.45) is 0 Å². The Morgan fingerprint density at radius 2 is 1.85 bits per heavy atom. The second kappa shape index (κ2) is 11.4. The monoisotopic (exact) mass is 477 g/mol. The minimum Gasteiger partial charge on any atom is -0.494 e. The van der Waals surface area contributed by atoms with E-state index in [0.717, 1.165) is 11.3 Å². The predicted octanol–water partition coefficient (Wildman–Crippen LogP) is 4.63. The van der Waals surface area contributed by atoms with Crippen molar-refractivity contribution in [3.8, 4) is 11.8 Å². The van der Waals surface area contributed by atoms with E-state index in [9.17, 15) is 14.9 Å². The zero-order valence-electron chi connectivity index (χ0n) is 19.6. The molecule has 0 bridgehead atoms. The molecule has 0 saturated heterocycles. The first-order chi connectivity index (χ1) is 16.4. The van der Waals surface area contributed by atoms with Crippen LogP contribution in [0.3, 0.4) is 0 Å². The first kappa shape index (κ1) is 24.9. The van der Waals surface area contributed by atoms with Gasteiger partial charge in [0.1, 0.15) is 5.75 Å². The third-order valence-electron chi connectivity index (χ3n) is 5.35. The van der Waals surface area contributed by atoms with Crippen LogP contribution < -0.4 is 15.4 Å². The lowest BCUT2D eigenvalue weighted by Gasteiger charge is -2.30. The van der Waals surface area contributed by atoms with Crippen molar-refractivity contribution in [2.75, 3.05) is 24.8 Å². The maximum absolute atomic E-state index is 12.7.